The monoisotopic (exact) mass is 399 g/mol. The SMILES string of the molecule is COCCNC(=O)[C@H](C)OC(=O)c1cc(-c2cccs2)nn1-c1ccccc1. The smallest absolute Gasteiger partial charge is 0.357 e. The van der Waals surface area contributed by atoms with E-state index in [4.69, 9.17) is 9.47 Å². The zero-order valence-corrected chi connectivity index (χ0v) is 16.4. The van der Waals surface area contributed by atoms with Gasteiger partial charge in [0.05, 0.1) is 17.2 Å². The predicted octanol–water partition coefficient (Wildman–Crippen LogP) is 2.91. The van der Waals surface area contributed by atoms with Gasteiger partial charge in [-0.15, -0.1) is 11.3 Å². The van der Waals surface area contributed by atoms with Crippen LogP contribution in [0.25, 0.3) is 16.3 Å². The summed E-state index contributed by atoms with van der Waals surface area (Å²) in [7, 11) is 1.55. The van der Waals surface area contributed by atoms with Crippen molar-refractivity contribution in [2.24, 2.45) is 0 Å². The molecule has 0 spiro atoms. The Morgan fingerprint density at radius 1 is 1.21 bits per heavy atom. The molecular formula is C20H21N3O4S. The number of benzene rings is 1. The Hall–Kier alpha value is -2.97. The zero-order valence-electron chi connectivity index (χ0n) is 15.6. The molecule has 8 heteroatoms. The number of hydrogen-bond donors (Lipinski definition) is 1. The van der Waals surface area contributed by atoms with E-state index in [-0.39, 0.29) is 11.6 Å². The zero-order chi connectivity index (χ0) is 19.9. The molecule has 3 aromatic rings. The van der Waals surface area contributed by atoms with E-state index in [2.05, 4.69) is 10.4 Å². The third-order valence-corrected chi connectivity index (χ3v) is 4.84. The maximum atomic E-state index is 12.8. The van der Waals surface area contributed by atoms with Crippen molar-refractivity contribution in [2.45, 2.75) is 13.0 Å². The summed E-state index contributed by atoms with van der Waals surface area (Å²) in [5.74, 6) is -0.997. The molecule has 1 atom stereocenters. The number of amides is 1. The second kappa shape index (κ2) is 9.29. The molecule has 0 fully saturated rings. The standard InChI is InChI=1S/C20H21N3O4S/c1-14(19(24)21-10-11-26-2)27-20(25)17-13-16(18-9-6-12-28-18)22-23(17)15-7-4-3-5-8-15/h3-9,12-14H,10-11H2,1-2H3,(H,21,24)/t14-/m0/s1. The summed E-state index contributed by atoms with van der Waals surface area (Å²) in [6, 6.07) is 14.8. The number of carbonyl (C=O) groups excluding carboxylic acids is 2. The van der Waals surface area contributed by atoms with Crippen LogP contribution in [0, 0.1) is 0 Å². The van der Waals surface area contributed by atoms with Crippen molar-refractivity contribution in [1.82, 2.24) is 15.1 Å². The third kappa shape index (κ3) is 4.65. The summed E-state index contributed by atoms with van der Waals surface area (Å²) in [6.45, 7) is 2.27. The summed E-state index contributed by atoms with van der Waals surface area (Å²) >= 11 is 1.53. The topological polar surface area (TPSA) is 82.4 Å². The normalized spacial score (nSPS) is 11.8. The van der Waals surface area contributed by atoms with Crippen LogP contribution in [0.1, 0.15) is 17.4 Å². The van der Waals surface area contributed by atoms with Crippen molar-refractivity contribution in [3.63, 3.8) is 0 Å². The van der Waals surface area contributed by atoms with E-state index >= 15 is 0 Å². The Bertz CT molecular complexity index is 922. The molecule has 2 heterocycles. The molecule has 0 aliphatic rings. The number of esters is 1. The predicted molar refractivity (Wildman–Crippen MR) is 107 cm³/mol. The number of nitrogens with zero attached hydrogens (tertiary/aromatic N) is 2. The molecule has 146 valence electrons. The van der Waals surface area contributed by atoms with Gasteiger partial charge < -0.3 is 14.8 Å². The molecule has 2 aromatic heterocycles. The number of carbonyl (C=O) groups is 2. The largest absolute Gasteiger partial charge is 0.448 e. The highest BCUT2D eigenvalue weighted by Crippen LogP contribution is 2.26. The molecule has 0 saturated carbocycles. The number of rotatable bonds is 8. The summed E-state index contributed by atoms with van der Waals surface area (Å²) in [5.41, 5.74) is 1.66. The Kier molecular flexibility index (Phi) is 6.57. The van der Waals surface area contributed by atoms with Crippen molar-refractivity contribution < 1.29 is 19.1 Å². The van der Waals surface area contributed by atoms with Crippen LogP contribution in [0.4, 0.5) is 0 Å². The lowest BCUT2D eigenvalue weighted by Gasteiger charge is -2.14. The van der Waals surface area contributed by atoms with Crippen molar-refractivity contribution in [2.75, 3.05) is 20.3 Å². The van der Waals surface area contributed by atoms with Crippen LogP contribution in [0.15, 0.2) is 53.9 Å². The fraction of sp³-hybridized carbons (Fsp3) is 0.250. The van der Waals surface area contributed by atoms with Gasteiger partial charge in [-0.25, -0.2) is 9.48 Å². The number of thiophene rings is 1. The number of hydrogen-bond acceptors (Lipinski definition) is 6. The molecule has 0 unspecified atom stereocenters. The second-order valence-corrected chi connectivity index (χ2v) is 6.92. The Balaban J connectivity index is 1.83. The molecule has 1 N–H and O–H groups in total. The van der Waals surface area contributed by atoms with Gasteiger partial charge in [-0.1, -0.05) is 24.3 Å². The summed E-state index contributed by atoms with van der Waals surface area (Å²) in [4.78, 5) is 25.8. The minimum atomic E-state index is -0.936. The molecule has 7 nitrogen and oxygen atoms in total. The van der Waals surface area contributed by atoms with Crippen molar-refractivity contribution in [3.8, 4) is 16.3 Å². The van der Waals surface area contributed by atoms with E-state index in [0.29, 0.717) is 18.8 Å². The lowest BCUT2D eigenvalue weighted by Crippen LogP contribution is -2.37. The number of nitrogens with one attached hydrogen (secondary N) is 1. The fourth-order valence-electron chi connectivity index (χ4n) is 2.53. The molecule has 1 aromatic carbocycles. The van der Waals surface area contributed by atoms with Gasteiger partial charge in [0.1, 0.15) is 5.69 Å². The minimum absolute atomic E-state index is 0.256. The minimum Gasteiger partial charge on any atom is -0.448 e. The van der Waals surface area contributed by atoms with Crippen LogP contribution in [0.2, 0.25) is 0 Å². The summed E-state index contributed by atoms with van der Waals surface area (Å²) in [5, 5.41) is 9.16. The van der Waals surface area contributed by atoms with Gasteiger partial charge >= 0.3 is 5.97 Å². The molecule has 1 amide bonds. The Morgan fingerprint density at radius 3 is 2.68 bits per heavy atom. The number of ether oxygens (including phenoxy) is 2. The van der Waals surface area contributed by atoms with E-state index in [1.807, 2.05) is 47.8 Å². The van der Waals surface area contributed by atoms with Crippen LogP contribution < -0.4 is 5.32 Å². The molecule has 3 rings (SSSR count). The lowest BCUT2D eigenvalue weighted by atomic mass is 10.3. The van der Waals surface area contributed by atoms with Crippen LogP contribution >= 0.6 is 11.3 Å². The molecule has 0 saturated heterocycles. The molecule has 0 bridgehead atoms. The first-order valence-electron chi connectivity index (χ1n) is 8.77. The van der Waals surface area contributed by atoms with E-state index in [1.165, 1.54) is 22.9 Å². The van der Waals surface area contributed by atoms with E-state index < -0.39 is 12.1 Å². The first-order chi connectivity index (χ1) is 13.6. The maximum Gasteiger partial charge on any atom is 0.357 e. The average Bonchev–Trinajstić information content (AvgIpc) is 3.38. The van der Waals surface area contributed by atoms with Gasteiger partial charge in [0.15, 0.2) is 11.8 Å². The molecular weight excluding hydrogens is 378 g/mol. The molecule has 28 heavy (non-hydrogen) atoms. The number of methoxy groups -OCH3 is 1. The fourth-order valence-corrected chi connectivity index (χ4v) is 3.21. The maximum absolute atomic E-state index is 12.8. The molecule has 0 aliphatic carbocycles. The van der Waals surface area contributed by atoms with Gasteiger partial charge in [-0.05, 0) is 30.5 Å². The summed E-state index contributed by atoms with van der Waals surface area (Å²) in [6.07, 6.45) is -0.936. The number of para-hydroxylation sites is 1. The van der Waals surface area contributed by atoms with Crippen LogP contribution in [-0.4, -0.2) is 48.0 Å². The van der Waals surface area contributed by atoms with Gasteiger partial charge in [0.2, 0.25) is 0 Å². The van der Waals surface area contributed by atoms with Gasteiger partial charge in [-0.2, -0.15) is 5.10 Å². The van der Waals surface area contributed by atoms with Crippen molar-refractivity contribution in [1.29, 1.82) is 0 Å². The average molecular weight is 399 g/mol. The van der Waals surface area contributed by atoms with E-state index in [0.717, 1.165) is 10.6 Å². The highest BCUT2D eigenvalue weighted by Gasteiger charge is 2.23. The van der Waals surface area contributed by atoms with E-state index in [1.54, 1.807) is 13.2 Å². The molecule has 0 radical (unpaired) electrons. The number of aromatic nitrogens is 2. The second-order valence-electron chi connectivity index (χ2n) is 5.97. The Labute approximate surface area is 166 Å². The lowest BCUT2D eigenvalue weighted by molar-refractivity contribution is -0.129. The Morgan fingerprint density at radius 2 is 2.00 bits per heavy atom. The van der Waals surface area contributed by atoms with Crippen LogP contribution in [-0.2, 0) is 14.3 Å². The summed E-state index contributed by atoms with van der Waals surface area (Å²) < 4.78 is 11.8. The van der Waals surface area contributed by atoms with Crippen molar-refractivity contribution >= 4 is 23.2 Å². The third-order valence-electron chi connectivity index (χ3n) is 3.95. The van der Waals surface area contributed by atoms with Gasteiger partial charge in [0.25, 0.3) is 5.91 Å². The first kappa shape index (κ1) is 19.8. The highest BCUT2D eigenvalue weighted by molar-refractivity contribution is 7.13. The van der Waals surface area contributed by atoms with Crippen LogP contribution in [0.5, 0.6) is 0 Å². The first-order valence-corrected chi connectivity index (χ1v) is 9.65. The van der Waals surface area contributed by atoms with Gasteiger partial charge in [0, 0.05) is 19.7 Å². The highest BCUT2D eigenvalue weighted by atomic mass is 32.1. The molecule has 0 aliphatic heterocycles. The van der Waals surface area contributed by atoms with Gasteiger partial charge in [-0.3, -0.25) is 4.79 Å². The van der Waals surface area contributed by atoms with Crippen molar-refractivity contribution in [3.05, 3.63) is 59.6 Å². The van der Waals surface area contributed by atoms with Crippen LogP contribution in [0.3, 0.4) is 0 Å². The van der Waals surface area contributed by atoms with E-state index in [9.17, 15) is 9.59 Å². The quantitative estimate of drug-likeness (QED) is 0.465.